The molecule has 1 aromatic heterocycles. The molecule has 1 aromatic carbocycles. The SMILES string of the molecule is Cn1cc(NC(=O)Cc2ccccc2C(=O)O)cn1. The van der Waals surface area contributed by atoms with Gasteiger partial charge in [-0.3, -0.25) is 9.48 Å². The van der Waals surface area contributed by atoms with E-state index >= 15 is 0 Å². The third kappa shape index (κ3) is 3.19. The number of hydrogen-bond acceptors (Lipinski definition) is 3. The average molecular weight is 259 g/mol. The van der Waals surface area contributed by atoms with Crippen molar-refractivity contribution in [1.82, 2.24) is 9.78 Å². The first-order valence-corrected chi connectivity index (χ1v) is 5.66. The van der Waals surface area contributed by atoms with Crippen molar-refractivity contribution in [3.63, 3.8) is 0 Å². The van der Waals surface area contributed by atoms with Gasteiger partial charge in [0.25, 0.3) is 0 Å². The number of aromatic carboxylic acids is 1. The van der Waals surface area contributed by atoms with Crippen LogP contribution in [0, 0.1) is 0 Å². The van der Waals surface area contributed by atoms with Crippen LogP contribution in [0.25, 0.3) is 0 Å². The van der Waals surface area contributed by atoms with Crippen LogP contribution in [0.2, 0.25) is 0 Å². The van der Waals surface area contributed by atoms with E-state index in [0.29, 0.717) is 11.3 Å². The van der Waals surface area contributed by atoms with Crippen LogP contribution in [0.3, 0.4) is 0 Å². The molecular formula is C13H13N3O3. The van der Waals surface area contributed by atoms with E-state index in [-0.39, 0.29) is 17.9 Å². The average Bonchev–Trinajstić information content (AvgIpc) is 2.75. The van der Waals surface area contributed by atoms with Crippen LogP contribution in [0.5, 0.6) is 0 Å². The Morgan fingerprint density at radius 1 is 1.37 bits per heavy atom. The van der Waals surface area contributed by atoms with E-state index in [2.05, 4.69) is 10.4 Å². The summed E-state index contributed by atoms with van der Waals surface area (Å²) in [7, 11) is 1.75. The summed E-state index contributed by atoms with van der Waals surface area (Å²) in [5.41, 5.74) is 1.21. The molecule has 0 atom stereocenters. The van der Waals surface area contributed by atoms with E-state index in [4.69, 9.17) is 5.11 Å². The highest BCUT2D eigenvalue weighted by atomic mass is 16.4. The number of hydrogen-bond donors (Lipinski definition) is 2. The molecule has 0 radical (unpaired) electrons. The molecule has 2 rings (SSSR count). The predicted octanol–water partition coefficient (Wildman–Crippen LogP) is 1.30. The molecule has 0 spiro atoms. The maximum atomic E-state index is 11.8. The summed E-state index contributed by atoms with van der Waals surface area (Å²) in [4.78, 5) is 22.8. The molecule has 0 aliphatic carbocycles. The Hall–Kier alpha value is -2.63. The van der Waals surface area contributed by atoms with Crippen LogP contribution >= 0.6 is 0 Å². The number of aromatic nitrogens is 2. The third-order valence-electron chi connectivity index (χ3n) is 2.59. The maximum absolute atomic E-state index is 11.8. The number of aryl methyl sites for hydroxylation is 1. The summed E-state index contributed by atoms with van der Waals surface area (Å²) in [6.45, 7) is 0. The van der Waals surface area contributed by atoms with Crippen LogP contribution < -0.4 is 5.32 Å². The molecule has 0 bridgehead atoms. The Kier molecular flexibility index (Phi) is 3.61. The fourth-order valence-electron chi connectivity index (χ4n) is 1.75. The summed E-state index contributed by atoms with van der Waals surface area (Å²) < 4.78 is 1.57. The van der Waals surface area contributed by atoms with Crippen LogP contribution in [0.1, 0.15) is 15.9 Å². The zero-order chi connectivity index (χ0) is 13.8. The van der Waals surface area contributed by atoms with Crippen molar-refractivity contribution < 1.29 is 14.7 Å². The molecule has 0 aliphatic heterocycles. The Balaban J connectivity index is 2.09. The topological polar surface area (TPSA) is 84.2 Å². The van der Waals surface area contributed by atoms with Crippen molar-refractivity contribution >= 4 is 17.6 Å². The number of nitrogens with one attached hydrogen (secondary N) is 1. The van der Waals surface area contributed by atoms with E-state index in [1.54, 1.807) is 36.1 Å². The number of nitrogens with zero attached hydrogens (tertiary/aromatic N) is 2. The van der Waals surface area contributed by atoms with Crippen molar-refractivity contribution in [1.29, 1.82) is 0 Å². The van der Waals surface area contributed by atoms with Crippen molar-refractivity contribution in [2.45, 2.75) is 6.42 Å². The third-order valence-corrected chi connectivity index (χ3v) is 2.59. The van der Waals surface area contributed by atoms with Gasteiger partial charge in [-0.25, -0.2) is 4.79 Å². The Bertz CT molecular complexity index is 619. The van der Waals surface area contributed by atoms with Crippen LogP contribution in [0.15, 0.2) is 36.7 Å². The fourth-order valence-corrected chi connectivity index (χ4v) is 1.75. The van der Waals surface area contributed by atoms with E-state index in [1.807, 2.05) is 0 Å². The lowest BCUT2D eigenvalue weighted by Gasteiger charge is -2.05. The van der Waals surface area contributed by atoms with Gasteiger partial charge in [-0.1, -0.05) is 18.2 Å². The molecule has 6 heteroatoms. The molecule has 0 saturated carbocycles. The molecular weight excluding hydrogens is 246 g/mol. The largest absolute Gasteiger partial charge is 0.478 e. The van der Waals surface area contributed by atoms with Gasteiger partial charge in [0.15, 0.2) is 0 Å². The van der Waals surface area contributed by atoms with E-state index in [1.165, 1.54) is 12.3 Å². The van der Waals surface area contributed by atoms with Gasteiger partial charge in [-0.15, -0.1) is 0 Å². The van der Waals surface area contributed by atoms with Gasteiger partial charge in [-0.05, 0) is 11.6 Å². The van der Waals surface area contributed by atoms with Gasteiger partial charge < -0.3 is 10.4 Å². The second-order valence-electron chi connectivity index (χ2n) is 4.09. The van der Waals surface area contributed by atoms with Gasteiger partial charge in [0.1, 0.15) is 0 Å². The number of carbonyl (C=O) groups excluding carboxylic acids is 1. The summed E-state index contributed by atoms with van der Waals surface area (Å²) in [5.74, 6) is -1.31. The molecule has 0 fully saturated rings. The minimum absolute atomic E-state index is 0.0113. The number of carbonyl (C=O) groups is 2. The predicted molar refractivity (Wildman–Crippen MR) is 68.9 cm³/mol. The fraction of sp³-hybridized carbons (Fsp3) is 0.154. The number of amides is 1. The number of carboxylic acids is 1. The lowest BCUT2D eigenvalue weighted by Crippen LogP contribution is -2.16. The summed E-state index contributed by atoms with van der Waals surface area (Å²) in [5, 5.41) is 15.6. The van der Waals surface area contributed by atoms with E-state index in [0.717, 1.165) is 0 Å². The highest BCUT2D eigenvalue weighted by Gasteiger charge is 2.12. The monoisotopic (exact) mass is 259 g/mol. The molecule has 1 amide bonds. The van der Waals surface area contributed by atoms with Gasteiger partial charge in [0.05, 0.1) is 23.9 Å². The first kappa shape index (κ1) is 12.8. The van der Waals surface area contributed by atoms with Crippen molar-refractivity contribution in [3.8, 4) is 0 Å². The number of rotatable bonds is 4. The van der Waals surface area contributed by atoms with Crippen LogP contribution in [0.4, 0.5) is 5.69 Å². The first-order chi connectivity index (χ1) is 9.06. The molecule has 2 N–H and O–H groups in total. The van der Waals surface area contributed by atoms with Gasteiger partial charge in [0, 0.05) is 13.2 Å². The second-order valence-corrected chi connectivity index (χ2v) is 4.09. The Morgan fingerprint density at radius 3 is 2.74 bits per heavy atom. The minimum Gasteiger partial charge on any atom is -0.478 e. The highest BCUT2D eigenvalue weighted by molar-refractivity contribution is 5.95. The number of benzene rings is 1. The standard InChI is InChI=1S/C13H13N3O3/c1-16-8-10(7-14-16)15-12(17)6-9-4-2-3-5-11(9)13(18)19/h2-5,7-8H,6H2,1H3,(H,15,17)(H,18,19). The lowest BCUT2D eigenvalue weighted by atomic mass is 10.0. The van der Waals surface area contributed by atoms with Crippen molar-refractivity contribution in [2.24, 2.45) is 7.05 Å². The summed E-state index contributed by atoms with van der Waals surface area (Å²) in [6.07, 6.45) is 3.21. The summed E-state index contributed by atoms with van der Waals surface area (Å²) >= 11 is 0. The normalized spacial score (nSPS) is 10.2. The molecule has 0 unspecified atom stereocenters. The highest BCUT2D eigenvalue weighted by Crippen LogP contribution is 2.11. The lowest BCUT2D eigenvalue weighted by molar-refractivity contribution is -0.115. The molecule has 2 aromatic rings. The number of carboxylic acid groups (broad SMARTS) is 1. The molecule has 1 heterocycles. The first-order valence-electron chi connectivity index (χ1n) is 5.66. The molecule has 0 aliphatic rings. The molecule has 98 valence electrons. The smallest absolute Gasteiger partial charge is 0.335 e. The Morgan fingerprint density at radius 2 is 2.11 bits per heavy atom. The van der Waals surface area contributed by atoms with Crippen LogP contribution in [-0.4, -0.2) is 26.8 Å². The van der Waals surface area contributed by atoms with E-state index in [9.17, 15) is 9.59 Å². The van der Waals surface area contributed by atoms with Crippen molar-refractivity contribution in [3.05, 3.63) is 47.8 Å². The maximum Gasteiger partial charge on any atom is 0.335 e. The van der Waals surface area contributed by atoms with Gasteiger partial charge in [-0.2, -0.15) is 5.10 Å². The second kappa shape index (κ2) is 5.34. The number of anilines is 1. The molecule has 0 saturated heterocycles. The quantitative estimate of drug-likeness (QED) is 0.866. The molecule has 19 heavy (non-hydrogen) atoms. The van der Waals surface area contributed by atoms with Crippen LogP contribution in [-0.2, 0) is 18.3 Å². The Labute approximate surface area is 109 Å². The van der Waals surface area contributed by atoms with Crippen molar-refractivity contribution in [2.75, 3.05) is 5.32 Å². The summed E-state index contributed by atoms with van der Waals surface area (Å²) in [6, 6.07) is 6.45. The van der Waals surface area contributed by atoms with Gasteiger partial charge in [0.2, 0.25) is 5.91 Å². The van der Waals surface area contributed by atoms with Gasteiger partial charge >= 0.3 is 5.97 Å². The van der Waals surface area contributed by atoms with E-state index < -0.39 is 5.97 Å². The zero-order valence-corrected chi connectivity index (χ0v) is 10.3. The zero-order valence-electron chi connectivity index (χ0n) is 10.3. The minimum atomic E-state index is -1.04. The molecule has 6 nitrogen and oxygen atoms in total.